The number of sulfonamides is 1. The minimum Gasteiger partial charge on any atom is -0.486 e. The van der Waals surface area contributed by atoms with Crippen LogP contribution in [0.2, 0.25) is 5.02 Å². The van der Waals surface area contributed by atoms with Crippen LogP contribution in [0.25, 0.3) is 10.2 Å². The number of hydrogen-bond donors (Lipinski definition) is 0. The lowest BCUT2D eigenvalue weighted by atomic mass is 10.2. The van der Waals surface area contributed by atoms with Gasteiger partial charge in [-0.2, -0.15) is 8.42 Å². The molecule has 0 amide bonds. The van der Waals surface area contributed by atoms with E-state index >= 15 is 0 Å². The minimum absolute atomic E-state index is 0.00469. The molecule has 0 fully saturated rings. The minimum atomic E-state index is -4.02. The van der Waals surface area contributed by atoms with Crippen LogP contribution >= 0.6 is 22.9 Å². The van der Waals surface area contributed by atoms with Gasteiger partial charge in [-0.05, 0) is 24.3 Å². The summed E-state index contributed by atoms with van der Waals surface area (Å²) >= 11 is 6.96. The molecule has 0 spiro atoms. The SMILES string of the molecule is COC(=O)Cn1c(=NS(=O)(=O)c2ccc(Cl)cc2)sc2cc3c(cc21)OCCO3. The van der Waals surface area contributed by atoms with Crippen LogP contribution in [0, 0.1) is 0 Å². The molecule has 0 aliphatic carbocycles. The van der Waals surface area contributed by atoms with Gasteiger partial charge in [0.15, 0.2) is 11.5 Å². The number of nitrogens with zero attached hydrogens (tertiary/aromatic N) is 2. The molecule has 0 bridgehead atoms. The van der Waals surface area contributed by atoms with E-state index in [2.05, 4.69) is 4.40 Å². The Morgan fingerprint density at radius 2 is 1.86 bits per heavy atom. The molecule has 1 aromatic heterocycles. The number of benzene rings is 2. The van der Waals surface area contributed by atoms with E-state index in [4.69, 9.17) is 25.8 Å². The van der Waals surface area contributed by atoms with Gasteiger partial charge in [0.2, 0.25) is 4.80 Å². The van der Waals surface area contributed by atoms with Crippen molar-refractivity contribution >= 4 is 49.1 Å². The monoisotopic (exact) mass is 454 g/mol. The molecule has 8 nitrogen and oxygen atoms in total. The smallest absolute Gasteiger partial charge is 0.325 e. The van der Waals surface area contributed by atoms with Crippen LogP contribution in [-0.4, -0.2) is 39.3 Å². The lowest BCUT2D eigenvalue weighted by Gasteiger charge is -2.18. The van der Waals surface area contributed by atoms with E-state index in [-0.39, 0.29) is 16.2 Å². The number of esters is 1. The summed E-state index contributed by atoms with van der Waals surface area (Å²) in [6.45, 7) is 0.626. The Labute approximate surface area is 175 Å². The largest absolute Gasteiger partial charge is 0.486 e. The zero-order valence-corrected chi connectivity index (χ0v) is 17.5. The number of carbonyl (C=O) groups excluding carboxylic acids is 1. The fourth-order valence-electron chi connectivity index (χ4n) is 2.79. The van der Waals surface area contributed by atoms with Crippen LogP contribution in [0.5, 0.6) is 11.5 Å². The van der Waals surface area contributed by atoms with Crippen molar-refractivity contribution in [3.8, 4) is 11.5 Å². The lowest BCUT2D eigenvalue weighted by molar-refractivity contribution is -0.141. The van der Waals surface area contributed by atoms with E-state index < -0.39 is 16.0 Å². The summed E-state index contributed by atoms with van der Waals surface area (Å²) < 4.78 is 47.6. The normalized spacial score (nSPS) is 14.2. The second-order valence-electron chi connectivity index (χ2n) is 6.03. The zero-order valence-electron chi connectivity index (χ0n) is 15.1. The highest BCUT2D eigenvalue weighted by molar-refractivity contribution is 7.90. The van der Waals surface area contributed by atoms with Gasteiger partial charge >= 0.3 is 5.97 Å². The summed E-state index contributed by atoms with van der Waals surface area (Å²) in [5.74, 6) is 0.541. The molecule has 29 heavy (non-hydrogen) atoms. The average Bonchev–Trinajstić information content (AvgIpc) is 3.01. The van der Waals surface area contributed by atoms with Crippen LogP contribution in [0.15, 0.2) is 45.7 Å². The first kappa shape index (κ1) is 19.7. The molecule has 1 aliphatic heterocycles. The number of halogens is 1. The van der Waals surface area contributed by atoms with Crippen molar-refractivity contribution in [1.29, 1.82) is 0 Å². The van der Waals surface area contributed by atoms with Gasteiger partial charge in [-0.15, -0.1) is 4.40 Å². The van der Waals surface area contributed by atoms with Gasteiger partial charge in [-0.1, -0.05) is 22.9 Å². The van der Waals surface area contributed by atoms with Crippen molar-refractivity contribution in [2.75, 3.05) is 20.3 Å². The highest BCUT2D eigenvalue weighted by atomic mass is 35.5. The number of hydrogen-bond acceptors (Lipinski definition) is 7. The van der Waals surface area contributed by atoms with Crippen LogP contribution in [0.3, 0.4) is 0 Å². The van der Waals surface area contributed by atoms with Gasteiger partial charge in [-0.25, -0.2) is 0 Å². The molecule has 0 saturated carbocycles. The van der Waals surface area contributed by atoms with Gasteiger partial charge < -0.3 is 18.8 Å². The molecule has 0 atom stereocenters. The molecule has 2 heterocycles. The van der Waals surface area contributed by atoms with E-state index in [1.54, 1.807) is 12.1 Å². The Hall–Kier alpha value is -2.56. The second kappa shape index (κ2) is 7.69. The van der Waals surface area contributed by atoms with E-state index in [0.29, 0.717) is 40.0 Å². The molecule has 2 aromatic carbocycles. The third kappa shape index (κ3) is 3.96. The molecule has 1 aliphatic rings. The van der Waals surface area contributed by atoms with Crippen molar-refractivity contribution in [3.05, 3.63) is 46.2 Å². The molecule has 0 radical (unpaired) electrons. The second-order valence-corrected chi connectivity index (χ2v) is 9.08. The number of carbonyl (C=O) groups is 1. The molecule has 152 valence electrons. The number of methoxy groups -OCH3 is 1. The molecule has 0 N–H and O–H groups in total. The number of ether oxygens (including phenoxy) is 3. The van der Waals surface area contributed by atoms with Gasteiger partial charge in [-0.3, -0.25) is 4.79 Å². The highest BCUT2D eigenvalue weighted by Gasteiger charge is 2.20. The Morgan fingerprint density at radius 1 is 1.21 bits per heavy atom. The van der Waals surface area contributed by atoms with Crippen molar-refractivity contribution in [3.63, 3.8) is 0 Å². The first-order valence-corrected chi connectivity index (χ1v) is 11.1. The van der Waals surface area contributed by atoms with E-state index in [1.165, 1.54) is 35.9 Å². The predicted octanol–water partition coefficient (Wildman–Crippen LogP) is 2.59. The summed E-state index contributed by atoms with van der Waals surface area (Å²) in [6, 6.07) is 9.15. The fraction of sp³-hybridized carbons (Fsp3) is 0.222. The highest BCUT2D eigenvalue weighted by Crippen LogP contribution is 2.35. The standard InChI is InChI=1S/C18H15ClN2O6S2/c1-25-17(22)10-21-13-8-14-15(27-7-6-26-14)9-16(13)28-18(21)20-29(23,24)12-4-2-11(19)3-5-12/h2-5,8-9H,6-7,10H2,1H3. The van der Waals surface area contributed by atoms with E-state index in [1.807, 2.05) is 0 Å². The van der Waals surface area contributed by atoms with Crippen molar-refractivity contribution in [2.24, 2.45) is 4.40 Å². The molecular weight excluding hydrogens is 440 g/mol. The fourth-order valence-corrected chi connectivity index (χ4v) is 5.15. The average molecular weight is 455 g/mol. The van der Waals surface area contributed by atoms with Crippen molar-refractivity contribution in [1.82, 2.24) is 4.57 Å². The maximum Gasteiger partial charge on any atom is 0.325 e. The molecule has 4 rings (SSSR count). The summed E-state index contributed by atoms with van der Waals surface area (Å²) in [5, 5.41) is 0.414. The first-order valence-electron chi connectivity index (χ1n) is 8.44. The van der Waals surface area contributed by atoms with Crippen LogP contribution in [0.1, 0.15) is 0 Å². The van der Waals surface area contributed by atoms with Gasteiger partial charge in [0.1, 0.15) is 19.8 Å². The van der Waals surface area contributed by atoms with Gasteiger partial charge in [0, 0.05) is 17.2 Å². The lowest BCUT2D eigenvalue weighted by Crippen LogP contribution is -2.22. The predicted molar refractivity (Wildman–Crippen MR) is 107 cm³/mol. The van der Waals surface area contributed by atoms with Crippen LogP contribution < -0.4 is 14.3 Å². The van der Waals surface area contributed by atoms with Gasteiger partial charge in [0.25, 0.3) is 10.0 Å². The van der Waals surface area contributed by atoms with Crippen molar-refractivity contribution < 1.29 is 27.4 Å². The molecule has 0 unspecified atom stereocenters. The van der Waals surface area contributed by atoms with Crippen LogP contribution in [-0.2, 0) is 26.1 Å². The van der Waals surface area contributed by atoms with Crippen LogP contribution in [0.4, 0.5) is 0 Å². The Morgan fingerprint density at radius 3 is 2.52 bits per heavy atom. The molecule has 3 aromatic rings. The topological polar surface area (TPSA) is 96.2 Å². The van der Waals surface area contributed by atoms with Gasteiger partial charge in [0.05, 0.1) is 22.2 Å². The Balaban J connectivity index is 1.92. The molecular formula is C18H15ClN2O6S2. The number of fused-ring (bicyclic) bond motifs is 2. The summed E-state index contributed by atoms with van der Waals surface area (Å²) in [6.07, 6.45) is 0. The third-order valence-electron chi connectivity index (χ3n) is 4.17. The molecule has 11 heteroatoms. The zero-order chi connectivity index (χ0) is 20.6. The summed E-state index contributed by atoms with van der Waals surface area (Å²) in [7, 11) is -2.76. The maximum absolute atomic E-state index is 12.8. The Kier molecular flexibility index (Phi) is 5.24. The quantitative estimate of drug-likeness (QED) is 0.562. The first-order chi connectivity index (χ1) is 13.9. The summed E-state index contributed by atoms with van der Waals surface area (Å²) in [4.78, 5) is 12.1. The number of aromatic nitrogens is 1. The van der Waals surface area contributed by atoms with E-state index in [0.717, 1.165) is 11.3 Å². The Bertz CT molecular complexity index is 1260. The number of rotatable bonds is 4. The maximum atomic E-state index is 12.8. The third-order valence-corrected chi connectivity index (χ3v) is 6.86. The van der Waals surface area contributed by atoms with E-state index in [9.17, 15) is 13.2 Å². The number of thiazole rings is 1. The molecule has 0 saturated heterocycles. The summed E-state index contributed by atoms with van der Waals surface area (Å²) in [5.41, 5.74) is 0.592. The van der Waals surface area contributed by atoms with Crippen molar-refractivity contribution in [2.45, 2.75) is 11.4 Å².